The minimum Gasteiger partial charge on any atom is -0.489 e. The monoisotopic (exact) mass is 372 g/mol. The van der Waals surface area contributed by atoms with Crippen LogP contribution in [0.2, 0.25) is 0 Å². The summed E-state index contributed by atoms with van der Waals surface area (Å²) in [6.07, 6.45) is 0. The summed E-state index contributed by atoms with van der Waals surface area (Å²) in [5.74, 6) is 0.387. The van der Waals surface area contributed by atoms with Crippen LogP contribution in [0.1, 0.15) is 50.7 Å². The predicted molar refractivity (Wildman–Crippen MR) is 108 cm³/mol. The van der Waals surface area contributed by atoms with Crippen LogP contribution < -0.4 is 10.1 Å². The van der Waals surface area contributed by atoms with Crippen LogP contribution in [-0.4, -0.2) is 31.1 Å². The highest BCUT2D eigenvalue weighted by molar-refractivity contribution is 5.91. The summed E-state index contributed by atoms with van der Waals surface area (Å²) < 4.78 is 19.0. The number of carbonyl (C=O) groups excluding carboxylic acids is 1. The maximum Gasteiger partial charge on any atom is 0.321 e. The summed E-state index contributed by atoms with van der Waals surface area (Å²) in [4.78, 5) is 14.2. The first-order valence-corrected chi connectivity index (χ1v) is 9.33. The molecular weight excluding hydrogens is 343 g/mol. The summed E-state index contributed by atoms with van der Waals surface area (Å²) in [5, 5.41) is 3.06. The van der Waals surface area contributed by atoms with Crippen molar-refractivity contribution in [3.05, 3.63) is 59.4 Å². The van der Waals surface area contributed by atoms with E-state index in [-0.39, 0.29) is 18.4 Å². The number of nitrogens with zero attached hydrogens (tertiary/aromatic N) is 1. The van der Waals surface area contributed by atoms with E-state index in [9.17, 15) is 9.18 Å². The molecular formula is C22H29FN2O2. The molecule has 0 spiro atoms. The molecule has 0 aliphatic heterocycles. The quantitative estimate of drug-likeness (QED) is 0.686. The molecule has 27 heavy (non-hydrogen) atoms. The number of nitrogens with one attached hydrogen (secondary N) is 1. The molecule has 0 fully saturated rings. The first kappa shape index (κ1) is 20.7. The van der Waals surface area contributed by atoms with Gasteiger partial charge in [0.05, 0.1) is 6.54 Å². The molecule has 0 saturated carbocycles. The fourth-order valence-corrected chi connectivity index (χ4v) is 2.85. The van der Waals surface area contributed by atoms with E-state index in [1.807, 2.05) is 18.2 Å². The van der Waals surface area contributed by atoms with Gasteiger partial charge < -0.3 is 15.0 Å². The normalized spacial score (nSPS) is 11.0. The largest absolute Gasteiger partial charge is 0.489 e. The number of benzene rings is 2. The maximum absolute atomic E-state index is 13.6. The first-order valence-electron chi connectivity index (χ1n) is 9.33. The molecule has 1 N–H and O–H groups in total. The zero-order chi connectivity index (χ0) is 20.0. The summed E-state index contributed by atoms with van der Waals surface area (Å²) in [5.41, 5.74) is 3.12. The third-order valence-electron chi connectivity index (χ3n) is 4.47. The van der Waals surface area contributed by atoms with Crippen LogP contribution in [0.5, 0.6) is 5.75 Å². The van der Waals surface area contributed by atoms with Crippen molar-refractivity contribution in [3.8, 4) is 5.75 Å². The van der Waals surface area contributed by atoms with Crippen molar-refractivity contribution in [3.63, 3.8) is 0 Å². The van der Waals surface area contributed by atoms with Crippen LogP contribution in [0.4, 0.5) is 14.9 Å². The van der Waals surface area contributed by atoms with Crippen LogP contribution in [0.3, 0.4) is 0 Å². The number of hydrogen-bond donors (Lipinski definition) is 1. The van der Waals surface area contributed by atoms with Gasteiger partial charge in [-0.1, -0.05) is 58.0 Å². The van der Waals surface area contributed by atoms with Crippen LogP contribution in [0.15, 0.2) is 42.5 Å². The van der Waals surface area contributed by atoms with Crippen LogP contribution in [-0.2, 0) is 0 Å². The molecule has 0 aromatic heterocycles. The molecule has 2 aromatic carbocycles. The topological polar surface area (TPSA) is 41.6 Å². The van der Waals surface area contributed by atoms with Gasteiger partial charge >= 0.3 is 6.03 Å². The fraction of sp³-hybridized carbons (Fsp3) is 0.409. The van der Waals surface area contributed by atoms with Crippen molar-refractivity contribution >= 4 is 11.7 Å². The number of hydrogen-bond acceptors (Lipinski definition) is 2. The number of ether oxygens (including phenoxy) is 1. The van der Waals surface area contributed by atoms with Gasteiger partial charge in [-0.15, -0.1) is 0 Å². The molecule has 0 atom stereocenters. The van der Waals surface area contributed by atoms with Crippen molar-refractivity contribution in [2.45, 2.75) is 39.5 Å². The molecule has 0 heterocycles. The molecule has 0 radical (unpaired) electrons. The molecule has 0 bridgehead atoms. The minimum atomic E-state index is -0.406. The Balaban J connectivity index is 2.03. The van der Waals surface area contributed by atoms with Gasteiger partial charge in [0.2, 0.25) is 0 Å². The standard InChI is InChI=1S/C22H29FN2O2/c1-15(2)17-9-8-10-18(16(3)4)21(17)24-22(26)25(5)13-14-27-20-12-7-6-11-19(20)23/h6-12,15-16H,13-14H2,1-5H3,(H,24,26). The minimum absolute atomic E-state index is 0.193. The van der Waals surface area contributed by atoms with Gasteiger partial charge in [0.15, 0.2) is 11.6 Å². The molecule has 2 rings (SSSR count). The van der Waals surface area contributed by atoms with Crippen LogP contribution in [0, 0.1) is 5.82 Å². The zero-order valence-electron chi connectivity index (χ0n) is 16.8. The Morgan fingerprint density at radius 3 is 2.19 bits per heavy atom. The molecule has 5 heteroatoms. The highest BCUT2D eigenvalue weighted by Crippen LogP contribution is 2.32. The Bertz CT molecular complexity index is 748. The van der Waals surface area contributed by atoms with Crippen molar-refractivity contribution in [2.24, 2.45) is 0 Å². The van der Waals surface area contributed by atoms with E-state index in [0.717, 1.165) is 16.8 Å². The lowest BCUT2D eigenvalue weighted by Gasteiger charge is -2.23. The van der Waals surface area contributed by atoms with Crippen molar-refractivity contribution < 1.29 is 13.9 Å². The Kier molecular flexibility index (Phi) is 7.22. The van der Waals surface area contributed by atoms with E-state index >= 15 is 0 Å². The van der Waals surface area contributed by atoms with Crippen molar-refractivity contribution in [1.82, 2.24) is 4.90 Å². The van der Waals surface area contributed by atoms with Gasteiger partial charge in [-0.05, 0) is 35.1 Å². The van der Waals surface area contributed by atoms with Crippen molar-refractivity contribution in [1.29, 1.82) is 0 Å². The van der Waals surface area contributed by atoms with E-state index < -0.39 is 5.82 Å². The third-order valence-corrected chi connectivity index (χ3v) is 4.47. The number of likely N-dealkylation sites (N-methyl/N-ethyl adjacent to an activating group) is 1. The smallest absolute Gasteiger partial charge is 0.321 e. The number of rotatable bonds is 7. The highest BCUT2D eigenvalue weighted by Gasteiger charge is 2.17. The Labute approximate surface area is 161 Å². The van der Waals surface area contributed by atoms with Gasteiger partial charge in [-0.2, -0.15) is 0 Å². The second-order valence-electron chi connectivity index (χ2n) is 7.25. The Hall–Kier alpha value is -2.56. The summed E-state index contributed by atoms with van der Waals surface area (Å²) in [6.45, 7) is 9.01. The second-order valence-corrected chi connectivity index (χ2v) is 7.25. The van der Waals surface area contributed by atoms with E-state index in [1.54, 1.807) is 30.1 Å². The third kappa shape index (κ3) is 5.46. The molecule has 2 aromatic rings. The van der Waals surface area contributed by atoms with Crippen LogP contribution >= 0.6 is 0 Å². The summed E-state index contributed by atoms with van der Waals surface area (Å²) >= 11 is 0. The predicted octanol–water partition coefficient (Wildman–Crippen LogP) is 5.62. The fourth-order valence-electron chi connectivity index (χ4n) is 2.85. The lowest BCUT2D eigenvalue weighted by molar-refractivity contribution is 0.206. The van der Waals surface area contributed by atoms with E-state index in [2.05, 4.69) is 33.0 Å². The van der Waals surface area contributed by atoms with Gasteiger partial charge in [0, 0.05) is 12.7 Å². The maximum atomic E-state index is 13.6. The Morgan fingerprint density at radius 1 is 1.04 bits per heavy atom. The van der Waals surface area contributed by atoms with Crippen LogP contribution in [0.25, 0.3) is 0 Å². The molecule has 0 unspecified atom stereocenters. The van der Waals surface area contributed by atoms with Gasteiger partial charge in [0.1, 0.15) is 6.61 Å². The summed E-state index contributed by atoms with van der Waals surface area (Å²) in [7, 11) is 1.70. The number of urea groups is 1. The average molecular weight is 372 g/mol. The molecule has 2 amide bonds. The average Bonchev–Trinajstić information content (AvgIpc) is 2.62. The molecule has 0 aliphatic carbocycles. The lowest BCUT2D eigenvalue weighted by Crippen LogP contribution is -2.35. The molecule has 146 valence electrons. The number of anilines is 1. The number of para-hydroxylation sites is 2. The van der Waals surface area contributed by atoms with Gasteiger partial charge in [-0.25, -0.2) is 9.18 Å². The first-order chi connectivity index (χ1) is 12.8. The highest BCUT2D eigenvalue weighted by atomic mass is 19.1. The van der Waals surface area contributed by atoms with Gasteiger partial charge in [0.25, 0.3) is 0 Å². The van der Waals surface area contributed by atoms with Gasteiger partial charge in [-0.3, -0.25) is 0 Å². The number of amides is 2. The van der Waals surface area contributed by atoms with Crippen molar-refractivity contribution in [2.75, 3.05) is 25.5 Å². The number of carbonyl (C=O) groups is 1. The zero-order valence-corrected chi connectivity index (χ0v) is 16.8. The van der Waals surface area contributed by atoms with E-state index in [4.69, 9.17) is 4.74 Å². The lowest BCUT2D eigenvalue weighted by atomic mass is 9.93. The van der Waals surface area contributed by atoms with E-state index in [0.29, 0.717) is 18.4 Å². The SMILES string of the molecule is CC(C)c1cccc(C(C)C)c1NC(=O)N(C)CCOc1ccccc1F. The molecule has 0 saturated heterocycles. The second kappa shape index (κ2) is 9.40. The molecule has 4 nitrogen and oxygen atoms in total. The Morgan fingerprint density at radius 2 is 1.63 bits per heavy atom. The number of halogens is 1. The molecule has 0 aliphatic rings. The van der Waals surface area contributed by atoms with E-state index in [1.165, 1.54) is 6.07 Å². The summed E-state index contributed by atoms with van der Waals surface area (Å²) in [6, 6.07) is 12.2.